The number of aromatic nitrogens is 2. The van der Waals surface area contributed by atoms with Crippen LogP contribution in [0.25, 0.3) is 0 Å². The van der Waals surface area contributed by atoms with Crippen LogP contribution in [0.4, 0.5) is 0 Å². The van der Waals surface area contributed by atoms with Crippen LogP contribution in [0, 0.1) is 6.92 Å². The van der Waals surface area contributed by atoms with E-state index in [0.29, 0.717) is 0 Å². The summed E-state index contributed by atoms with van der Waals surface area (Å²) in [5.41, 5.74) is 2.58. The van der Waals surface area contributed by atoms with E-state index in [4.69, 9.17) is 4.74 Å². The third-order valence-electron chi connectivity index (χ3n) is 4.23. The average Bonchev–Trinajstić information content (AvgIpc) is 3.04. The van der Waals surface area contributed by atoms with Crippen LogP contribution in [0.3, 0.4) is 0 Å². The molecule has 1 aromatic heterocycles. The maximum absolute atomic E-state index is 6.23. The molecule has 3 nitrogen and oxygen atoms in total. The summed E-state index contributed by atoms with van der Waals surface area (Å²) in [6.45, 7) is 3.57. The summed E-state index contributed by atoms with van der Waals surface area (Å²) in [6.07, 6.45) is 5.98. The molecule has 0 radical (unpaired) electrons. The normalized spacial score (nSPS) is 12.2. The van der Waals surface area contributed by atoms with Crippen molar-refractivity contribution in [3.63, 3.8) is 0 Å². The van der Waals surface area contributed by atoms with Gasteiger partial charge < -0.3 is 9.30 Å². The van der Waals surface area contributed by atoms with Gasteiger partial charge in [-0.25, -0.2) is 4.98 Å². The molecular formula is C21H24N2O. The zero-order valence-corrected chi connectivity index (χ0v) is 14.1. The summed E-state index contributed by atoms with van der Waals surface area (Å²) in [5, 5.41) is 0. The molecule has 3 heteroatoms. The Kier molecular flexibility index (Phi) is 5.80. The fourth-order valence-electron chi connectivity index (χ4n) is 2.84. The van der Waals surface area contributed by atoms with Crippen molar-refractivity contribution < 1.29 is 4.74 Å². The van der Waals surface area contributed by atoms with Crippen molar-refractivity contribution in [1.29, 1.82) is 0 Å². The Balaban J connectivity index is 1.59. The smallest absolute Gasteiger partial charge is 0.105 e. The Bertz CT molecular complexity index is 722. The van der Waals surface area contributed by atoms with E-state index in [-0.39, 0.29) is 6.10 Å². The van der Waals surface area contributed by atoms with Crippen molar-refractivity contribution in [2.45, 2.75) is 32.4 Å². The predicted octanol–water partition coefficient (Wildman–Crippen LogP) is 4.58. The topological polar surface area (TPSA) is 27.1 Å². The Morgan fingerprint density at radius 2 is 1.71 bits per heavy atom. The number of rotatable bonds is 8. The minimum atomic E-state index is 0.0508. The van der Waals surface area contributed by atoms with E-state index < -0.39 is 0 Å². The predicted molar refractivity (Wildman–Crippen MR) is 96.9 cm³/mol. The molecule has 1 atom stereocenters. The van der Waals surface area contributed by atoms with E-state index >= 15 is 0 Å². The molecule has 0 saturated heterocycles. The molecule has 0 amide bonds. The summed E-state index contributed by atoms with van der Waals surface area (Å²) < 4.78 is 8.38. The SMILES string of the molecule is Cc1nccn1CC(OCCCc1ccccc1)c1ccccc1. The van der Waals surface area contributed by atoms with E-state index in [9.17, 15) is 0 Å². The molecular weight excluding hydrogens is 296 g/mol. The van der Waals surface area contributed by atoms with Crippen LogP contribution < -0.4 is 0 Å². The third kappa shape index (κ3) is 4.56. The second-order valence-corrected chi connectivity index (χ2v) is 5.99. The van der Waals surface area contributed by atoms with Crippen LogP contribution in [0.5, 0.6) is 0 Å². The zero-order valence-electron chi connectivity index (χ0n) is 14.1. The third-order valence-corrected chi connectivity index (χ3v) is 4.23. The minimum absolute atomic E-state index is 0.0508. The Morgan fingerprint density at radius 3 is 2.38 bits per heavy atom. The first-order valence-electron chi connectivity index (χ1n) is 8.51. The van der Waals surface area contributed by atoms with Gasteiger partial charge in [-0.1, -0.05) is 60.7 Å². The summed E-state index contributed by atoms with van der Waals surface area (Å²) in [4.78, 5) is 4.31. The molecule has 0 N–H and O–H groups in total. The summed E-state index contributed by atoms with van der Waals surface area (Å²) in [6, 6.07) is 21.0. The van der Waals surface area contributed by atoms with Crippen LogP contribution in [0.1, 0.15) is 29.5 Å². The van der Waals surface area contributed by atoms with Gasteiger partial charge in [0, 0.05) is 19.0 Å². The highest BCUT2D eigenvalue weighted by molar-refractivity contribution is 5.18. The standard InChI is InChI=1S/C21H24N2O/c1-18-22-14-15-23(18)17-21(20-12-6-3-7-13-20)24-16-8-11-19-9-4-2-5-10-19/h2-7,9-10,12-15,21H,8,11,16-17H2,1H3. The summed E-state index contributed by atoms with van der Waals surface area (Å²) >= 11 is 0. The molecule has 0 aliphatic carbocycles. The van der Waals surface area contributed by atoms with Gasteiger partial charge in [0.2, 0.25) is 0 Å². The zero-order chi connectivity index (χ0) is 16.6. The molecule has 0 fully saturated rings. The lowest BCUT2D eigenvalue weighted by atomic mass is 10.1. The second-order valence-electron chi connectivity index (χ2n) is 5.99. The van der Waals surface area contributed by atoms with Gasteiger partial charge >= 0.3 is 0 Å². The maximum atomic E-state index is 6.23. The quantitative estimate of drug-likeness (QED) is 0.568. The lowest BCUT2D eigenvalue weighted by Gasteiger charge is -2.20. The van der Waals surface area contributed by atoms with Crippen LogP contribution in [-0.2, 0) is 17.7 Å². The lowest BCUT2D eigenvalue weighted by molar-refractivity contribution is 0.0387. The van der Waals surface area contributed by atoms with E-state index in [1.165, 1.54) is 11.1 Å². The van der Waals surface area contributed by atoms with Crippen LogP contribution in [0.15, 0.2) is 73.1 Å². The fourth-order valence-corrected chi connectivity index (χ4v) is 2.84. The van der Waals surface area contributed by atoms with Crippen LogP contribution >= 0.6 is 0 Å². The van der Waals surface area contributed by atoms with E-state index in [2.05, 4.69) is 64.1 Å². The Hall–Kier alpha value is -2.39. The van der Waals surface area contributed by atoms with Gasteiger partial charge in [0.05, 0.1) is 6.54 Å². The summed E-state index contributed by atoms with van der Waals surface area (Å²) in [5.74, 6) is 1.02. The highest BCUT2D eigenvalue weighted by Gasteiger charge is 2.13. The highest BCUT2D eigenvalue weighted by atomic mass is 16.5. The van der Waals surface area contributed by atoms with Crippen molar-refractivity contribution in [3.8, 4) is 0 Å². The van der Waals surface area contributed by atoms with Crippen molar-refractivity contribution in [2.75, 3.05) is 6.61 Å². The first-order valence-corrected chi connectivity index (χ1v) is 8.51. The molecule has 0 bridgehead atoms. The highest BCUT2D eigenvalue weighted by Crippen LogP contribution is 2.20. The number of nitrogens with zero attached hydrogens (tertiary/aromatic N) is 2. The first-order chi connectivity index (χ1) is 11.8. The first kappa shape index (κ1) is 16.5. The van der Waals surface area contributed by atoms with Gasteiger partial charge in [0.15, 0.2) is 0 Å². The average molecular weight is 320 g/mol. The molecule has 0 saturated carbocycles. The molecule has 24 heavy (non-hydrogen) atoms. The second kappa shape index (κ2) is 8.46. The lowest BCUT2D eigenvalue weighted by Crippen LogP contribution is -2.14. The van der Waals surface area contributed by atoms with E-state index in [1.54, 1.807) is 0 Å². The van der Waals surface area contributed by atoms with Gasteiger partial charge in [0.25, 0.3) is 0 Å². The number of hydrogen-bond acceptors (Lipinski definition) is 2. The molecule has 0 aliphatic rings. The molecule has 124 valence electrons. The van der Waals surface area contributed by atoms with Gasteiger partial charge in [-0.2, -0.15) is 0 Å². The number of ether oxygens (including phenoxy) is 1. The van der Waals surface area contributed by atoms with E-state index in [0.717, 1.165) is 31.8 Å². The molecule has 1 heterocycles. The molecule has 3 aromatic rings. The monoisotopic (exact) mass is 320 g/mol. The molecule has 0 aliphatic heterocycles. The van der Waals surface area contributed by atoms with Gasteiger partial charge in [0.1, 0.15) is 11.9 Å². The Morgan fingerprint density at radius 1 is 1.00 bits per heavy atom. The molecule has 0 spiro atoms. The Labute approximate surface area is 143 Å². The number of benzene rings is 2. The van der Waals surface area contributed by atoms with Crippen molar-refractivity contribution >= 4 is 0 Å². The van der Waals surface area contributed by atoms with Crippen molar-refractivity contribution in [1.82, 2.24) is 9.55 Å². The van der Waals surface area contributed by atoms with Crippen LogP contribution in [-0.4, -0.2) is 16.2 Å². The largest absolute Gasteiger partial charge is 0.372 e. The van der Waals surface area contributed by atoms with Crippen molar-refractivity contribution in [2.24, 2.45) is 0 Å². The van der Waals surface area contributed by atoms with Gasteiger partial charge in [-0.15, -0.1) is 0 Å². The van der Waals surface area contributed by atoms with Crippen LogP contribution in [0.2, 0.25) is 0 Å². The van der Waals surface area contributed by atoms with E-state index in [1.807, 2.05) is 25.4 Å². The molecule has 1 unspecified atom stereocenters. The summed E-state index contributed by atoms with van der Waals surface area (Å²) in [7, 11) is 0. The van der Waals surface area contributed by atoms with Gasteiger partial charge in [-0.3, -0.25) is 0 Å². The minimum Gasteiger partial charge on any atom is -0.372 e. The maximum Gasteiger partial charge on any atom is 0.105 e. The van der Waals surface area contributed by atoms with Gasteiger partial charge in [-0.05, 0) is 30.9 Å². The number of imidazole rings is 1. The fraction of sp³-hybridized carbons (Fsp3) is 0.286. The number of hydrogen-bond donors (Lipinski definition) is 0. The number of aryl methyl sites for hydroxylation is 2. The molecule has 2 aromatic carbocycles. The molecule has 3 rings (SSSR count). The van der Waals surface area contributed by atoms with Crippen molar-refractivity contribution in [3.05, 3.63) is 90.0 Å².